The quantitative estimate of drug-likeness (QED) is 0.664. The van der Waals surface area contributed by atoms with Crippen molar-refractivity contribution in [2.75, 3.05) is 31.5 Å². The molecule has 0 radical (unpaired) electrons. The second kappa shape index (κ2) is 9.75. The molecule has 4 nitrogen and oxygen atoms in total. The largest absolute Gasteiger partial charge is 0.322 e. The van der Waals surface area contributed by atoms with Crippen LogP contribution in [0.2, 0.25) is 5.02 Å². The zero-order chi connectivity index (χ0) is 21.0. The first-order chi connectivity index (χ1) is 13.8. The summed E-state index contributed by atoms with van der Waals surface area (Å²) in [4.78, 5) is 15.9. The summed E-state index contributed by atoms with van der Waals surface area (Å²) in [6.45, 7) is 13.7. The Hall–Kier alpha value is -1.88. The number of hydrogen-bond acceptors (Lipinski definition) is 1. The van der Waals surface area contributed by atoms with Gasteiger partial charge in [-0.2, -0.15) is 0 Å². The summed E-state index contributed by atoms with van der Waals surface area (Å²) >= 11 is 5.98. The van der Waals surface area contributed by atoms with E-state index in [-0.39, 0.29) is 11.9 Å². The van der Waals surface area contributed by atoms with Gasteiger partial charge in [0.05, 0.1) is 0 Å². The van der Waals surface area contributed by atoms with E-state index in [1.54, 1.807) is 4.90 Å². The van der Waals surface area contributed by atoms with E-state index in [4.69, 9.17) is 11.6 Å². The smallest absolute Gasteiger partial charge is 0.282 e. The average molecular weight is 416 g/mol. The zero-order valence-electron chi connectivity index (χ0n) is 18.0. The Morgan fingerprint density at radius 1 is 1.03 bits per heavy atom. The first kappa shape index (κ1) is 21.8. The number of benzene rings is 2. The van der Waals surface area contributed by atoms with E-state index < -0.39 is 0 Å². The van der Waals surface area contributed by atoms with Gasteiger partial charge in [-0.3, -0.25) is 4.79 Å². The minimum Gasteiger partial charge on any atom is -0.322 e. The van der Waals surface area contributed by atoms with Gasteiger partial charge < -0.3 is 15.1 Å². The molecule has 156 valence electrons. The van der Waals surface area contributed by atoms with Crippen LogP contribution in [0.3, 0.4) is 0 Å². The van der Waals surface area contributed by atoms with E-state index in [1.165, 1.54) is 16.0 Å². The first-order valence-electron chi connectivity index (χ1n) is 10.7. The fourth-order valence-electron chi connectivity index (χ4n) is 4.18. The van der Waals surface area contributed by atoms with Crippen LogP contribution in [0.25, 0.3) is 0 Å². The number of piperazine rings is 1. The Labute approximate surface area is 179 Å². The average Bonchev–Trinajstić information content (AvgIpc) is 2.71. The maximum absolute atomic E-state index is 13.0. The van der Waals surface area contributed by atoms with E-state index in [9.17, 15) is 4.79 Å². The summed E-state index contributed by atoms with van der Waals surface area (Å²) in [5.74, 6) is 0.505. The molecule has 2 aromatic carbocycles. The first-order valence-corrected chi connectivity index (χ1v) is 11.1. The monoisotopic (exact) mass is 415 g/mol. The van der Waals surface area contributed by atoms with E-state index in [0.29, 0.717) is 5.92 Å². The van der Waals surface area contributed by atoms with Gasteiger partial charge in [0.1, 0.15) is 32.7 Å². The van der Waals surface area contributed by atoms with E-state index in [2.05, 4.69) is 63.3 Å². The van der Waals surface area contributed by atoms with Gasteiger partial charge >= 0.3 is 0 Å². The molecule has 1 heterocycles. The molecule has 1 aliphatic rings. The number of anilines is 1. The molecule has 0 aliphatic carbocycles. The second-order valence-electron chi connectivity index (χ2n) is 8.62. The minimum atomic E-state index is -0.0494. The standard InChI is InChI=1S/C24H32ClN3O/c1-17(2)22-7-5-6-18(3)23(22)26-24(29)19(4)28-14-12-27(13-15-28)16-20-8-10-21(25)11-9-20/h5-11,17,19H,12-16H2,1-4H3,(H,26,29)/p+2/t19-/m1/s1. The van der Waals surface area contributed by atoms with Gasteiger partial charge in [-0.25, -0.2) is 0 Å². The molecule has 0 aromatic heterocycles. The van der Waals surface area contributed by atoms with Crippen molar-refractivity contribution in [1.29, 1.82) is 0 Å². The van der Waals surface area contributed by atoms with Crippen LogP contribution in [0.5, 0.6) is 0 Å². The van der Waals surface area contributed by atoms with Gasteiger partial charge in [0, 0.05) is 16.3 Å². The molecule has 2 aromatic rings. The molecule has 3 N–H and O–H groups in total. The molecule has 1 amide bonds. The maximum atomic E-state index is 13.0. The number of para-hydroxylation sites is 1. The van der Waals surface area contributed by atoms with Crippen LogP contribution in [0.1, 0.15) is 43.4 Å². The topological polar surface area (TPSA) is 38.0 Å². The number of aryl methyl sites for hydroxylation is 1. The van der Waals surface area contributed by atoms with Crippen LogP contribution in [-0.4, -0.2) is 38.1 Å². The lowest BCUT2D eigenvalue weighted by molar-refractivity contribution is -1.02. The summed E-state index contributed by atoms with van der Waals surface area (Å²) in [6, 6.07) is 14.3. The molecule has 1 fully saturated rings. The lowest BCUT2D eigenvalue weighted by Crippen LogP contribution is -3.29. The van der Waals surface area contributed by atoms with E-state index in [0.717, 1.165) is 49.0 Å². The van der Waals surface area contributed by atoms with Crippen molar-refractivity contribution in [3.8, 4) is 0 Å². The molecule has 0 spiro atoms. The van der Waals surface area contributed by atoms with Crippen LogP contribution in [0, 0.1) is 6.92 Å². The number of halogens is 1. The number of rotatable bonds is 6. The predicted octanol–water partition coefficient (Wildman–Crippen LogP) is 2.08. The highest BCUT2D eigenvalue weighted by Crippen LogP contribution is 2.27. The SMILES string of the molecule is Cc1cccc(C(C)C)c1NC(=O)[C@@H](C)[NH+]1CC[NH+](Cc2ccc(Cl)cc2)CC1. The van der Waals surface area contributed by atoms with E-state index in [1.807, 2.05) is 12.1 Å². The number of quaternary nitrogens is 2. The molecule has 3 rings (SSSR count). The molecule has 1 atom stereocenters. The Morgan fingerprint density at radius 3 is 2.31 bits per heavy atom. The van der Waals surface area contributed by atoms with Crippen molar-refractivity contribution in [1.82, 2.24) is 0 Å². The predicted molar refractivity (Wildman–Crippen MR) is 120 cm³/mol. The van der Waals surface area contributed by atoms with E-state index >= 15 is 0 Å². The normalized spacial score (nSPS) is 20.5. The molecule has 0 saturated carbocycles. The zero-order valence-corrected chi connectivity index (χ0v) is 18.8. The van der Waals surface area contributed by atoms with Crippen LogP contribution in [0.15, 0.2) is 42.5 Å². The number of carbonyl (C=O) groups is 1. The molecule has 29 heavy (non-hydrogen) atoms. The van der Waals surface area contributed by atoms with Gasteiger partial charge in [0.15, 0.2) is 6.04 Å². The van der Waals surface area contributed by atoms with Gasteiger partial charge in [-0.1, -0.05) is 55.8 Å². The number of amides is 1. The summed E-state index contributed by atoms with van der Waals surface area (Å²) in [5, 5.41) is 4.02. The fourth-order valence-corrected chi connectivity index (χ4v) is 4.31. The highest BCUT2D eigenvalue weighted by molar-refractivity contribution is 6.30. The molecule has 0 unspecified atom stereocenters. The molecular formula is C24H34ClN3O+2. The van der Waals surface area contributed by atoms with Crippen LogP contribution in [-0.2, 0) is 11.3 Å². The molecule has 0 bridgehead atoms. The molecule has 1 aliphatic heterocycles. The Morgan fingerprint density at radius 2 is 1.69 bits per heavy atom. The van der Waals surface area contributed by atoms with Crippen LogP contribution >= 0.6 is 11.6 Å². The minimum absolute atomic E-state index is 0.0494. The lowest BCUT2D eigenvalue weighted by atomic mass is 9.98. The highest BCUT2D eigenvalue weighted by Gasteiger charge is 2.31. The third-order valence-electron chi connectivity index (χ3n) is 6.15. The Kier molecular flexibility index (Phi) is 7.33. The third kappa shape index (κ3) is 5.59. The van der Waals surface area contributed by atoms with Crippen LogP contribution < -0.4 is 15.1 Å². The summed E-state index contributed by atoms with van der Waals surface area (Å²) in [7, 11) is 0. The molecular weight excluding hydrogens is 382 g/mol. The lowest BCUT2D eigenvalue weighted by Gasteiger charge is -2.33. The van der Waals surface area contributed by atoms with Crippen molar-refractivity contribution in [2.45, 2.75) is 46.2 Å². The number of carbonyl (C=O) groups excluding carboxylic acids is 1. The fraction of sp³-hybridized carbons (Fsp3) is 0.458. The van der Waals surface area contributed by atoms with Gasteiger partial charge in [0.25, 0.3) is 5.91 Å². The van der Waals surface area contributed by atoms with Crippen molar-refractivity contribution in [3.63, 3.8) is 0 Å². The van der Waals surface area contributed by atoms with Crippen molar-refractivity contribution in [3.05, 3.63) is 64.2 Å². The Bertz CT molecular complexity index is 827. The van der Waals surface area contributed by atoms with Gasteiger partial charge in [-0.15, -0.1) is 0 Å². The molecule has 1 saturated heterocycles. The summed E-state index contributed by atoms with van der Waals surface area (Å²) in [5.41, 5.74) is 4.65. The van der Waals surface area contributed by atoms with Crippen molar-refractivity contribution >= 4 is 23.2 Å². The second-order valence-corrected chi connectivity index (χ2v) is 9.05. The molecule has 5 heteroatoms. The van der Waals surface area contributed by atoms with Crippen LogP contribution in [0.4, 0.5) is 5.69 Å². The highest BCUT2D eigenvalue weighted by atomic mass is 35.5. The third-order valence-corrected chi connectivity index (χ3v) is 6.40. The van der Waals surface area contributed by atoms with Gasteiger partial charge in [-0.05, 0) is 43.0 Å². The number of nitrogens with one attached hydrogen (secondary N) is 3. The van der Waals surface area contributed by atoms with Crippen molar-refractivity contribution in [2.24, 2.45) is 0 Å². The Balaban J connectivity index is 1.56. The summed E-state index contributed by atoms with van der Waals surface area (Å²) < 4.78 is 0. The maximum Gasteiger partial charge on any atom is 0.282 e. The van der Waals surface area contributed by atoms with Crippen molar-refractivity contribution < 1.29 is 14.6 Å². The number of hydrogen-bond donors (Lipinski definition) is 3. The summed E-state index contributed by atoms with van der Waals surface area (Å²) in [6.07, 6.45) is 0. The van der Waals surface area contributed by atoms with Gasteiger partial charge in [0.2, 0.25) is 0 Å².